The van der Waals surface area contributed by atoms with Gasteiger partial charge in [0, 0.05) is 48.9 Å². The molecule has 0 aliphatic heterocycles. The SMILES string of the molecule is COCCNCc1cnc(SCc2ccc(Cl)cc2)nc1. The Hall–Kier alpha value is -1.14. The Morgan fingerprint density at radius 1 is 1.14 bits per heavy atom. The lowest BCUT2D eigenvalue weighted by atomic mass is 10.2. The Morgan fingerprint density at radius 3 is 2.52 bits per heavy atom. The highest BCUT2D eigenvalue weighted by atomic mass is 35.5. The van der Waals surface area contributed by atoms with Crippen molar-refractivity contribution in [2.45, 2.75) is 17.5 Å². The Balaban J connectivity index is 1.78. The lowest BCUT2D eigenvalue weighted by molar-refractivity contribution is 0.199. The summed E-state index contributed by atoms with van der Waals surface area (Å²) in [5.74, 6) is 0.836. The number of ether oxygens (including phenoxy) is 1. The lowest BCUT2D eigenvalue weighted by Gasteiger charge is -2.05. The Kier molecular flexibility index (Phi) is 6.95. The van der Waals surface area contributed by atoms with Gasteiger partial charge in [0.05, 0.1) is 6.61 Å². The van der Waals surface area contributed by atoms with Gasteiger partial charge < -0.3 is 10.1 Å². The van der Waals surface area contributed by atoms with Crippen molar-refractivity contribution in [2.24, 2.45) is 0 Å². The molecule has 0 saturated heterocycles. The Morgan fingerprint density at radius 2 is 1.86 bits per heavy atom. The Bertz CT molecular complexity index is 534. The molecule has 6 heteroatoms. The number of nitrogens with zero attached hydrogens (tertiary/aromatic N) is 2. The van der Waals surface area contributed by atoms with Gasteiger partial charge in [-0.1, -0.05) is 35.5 Å². The monoisotopic (exact) mass is 323 g/mol. The van der Waals surface area contributed by atoms with Gasteiger partial charge in [-0.15, -0.1) is 0 Å². The Labute approximate surface area is 134 Å². The molecule has 0 aliphatic rings. The molecular weight excluding hydrogens is 306 g/mol. The van der Waals surface area contributed by atoms with Crippen LogP contribution in [0.25, 0.3) is 0 Å². The zero-order valence-corrected chi connectivity index (χ0v) is 13.5. The predicted octanol–water partition coefficient (Wildman–Crippen LogP) is 3.16. The van der Waals surface area contributed by atoms with Crippen molar-refractivity contribution in [1.82, 2.24) is 15.3 Å². The van der Waals surface area contributed by atoms with Crippen LogP contribution in [0.4, 0.5) is 0 Å². The minimum absolute atomic E-state index is 0.704. The smallest absolute Gasteiger partial charge is 0.187 e. The van der Waals surface area contributed by atoms with Gasteiger partial charge in [-0.25, -0.2) is 9.97 Å². The average Bonchev–Trinajstić information content (AvgIpc) is 2.52. The van der Waals surface area contributed by atoms with E-state index in [2.05, 4.69) is 15.3 Å². The molecule has 0 radical (unpaired) electrons. The summed E-state index contributed by atoms with van der Waals surface area (Å²) in [6.07, 6.45) is 3.72. The van der Waals surface area contributed by atoms with Crippen LogP contribution in [0.2, 0.25) is 5.02 Å². The zero-order valence-electron chi connectivity index (χ0n) is 11.9. The van der Waals surface area contributed by atoms with E-state index < -0.39 is 0 Å². The van der Waals surface area contributed by atoms with Gasteiger partial charge in [0.2, 0.25) is 0 Å². The first-order chi connectivity index (χ1) is 10.3. The van der Waals surface area contributed by atoms with Crippen molar-refractivity contribution in [3.8, 4) is 0 Å². The van der Waals surface area contributed by atoms with Crippen LogP contribution < -0.4 is 5.32 Å². The largest absolute Gasteiger partial charge is 0.383 e. The zero-order chi connectivity index (χ0) is 14.9. The lowest BCUT2D eigenvalue weighted by Crippen LogP contribution is -2.18. The van der Waals surface area contributed by atoms with Crippen LogP contribution in [0.5, 0.6) is 0 Å². The third-order valence-corrected chi connectivity index (χ3v) is 3.97. The minimum Gasteiger partial charge on any atom is -0.383 e. The molecule has 0 saturated carbocycles. The number of benzene rings is 1. The maximum Gasteiger partial charge on any atom is 0.187 e. The second kappa shape index (κ2) is 9.00. The summed E-state index contributed by atoms with van der Waals surface area (Å²) >= 11 is 7.48. The van der Waals surface area contributed by atoms with E-state index in [1.165, 1.54) is 5.56 Å². The number of methoxy groups -OCH3 is 1. The fourth-order valence-corrected chi connectivity index (χ4v) is 2.51. The summed E-state index contributed by atoms with van der Waals surface area (Å²) in [5.41, 5.74) is 2.28. The van der Waals surface area contributed by atoms with Gasteiger partial charge in [0.15, 0.2) is 5.16 Å². The van der Waals surface area contributed by atoms with Crippen molar-refractivity contribution in [3.63, 3.8) is 0 Å². The molecule has 0 spiro atoms. The molecule has 0 atom stereocenters. The number of nitrogens with one attached hydrogen (secondary N) is 1. The van der Waals surface area contributed by atoms with Gasteiger partial charge in [-0.2, -0.15) is 0 Å². The summed E-state index contributed by atoms with van der Waals surface area (Å²) in [6.45, 7) is 2.28. The van der Waals surface area contributed by atoms with Crippen LogP contribution in [0, 0.1) is 0 Å². The molecule has 0 unspecified atom stereocenters. The second-order valence-electron chi connectivity index (χ2n) is 4.46. The maximum atomic E-state index is 5.86. The van der Waals surface area contributed by atoms with E-state index in [1.54, 1.807) is 18.9 Å². The number of halogens is 1. The molecule has 0 aliphatic carbocycles. The van der Waals surface area contributed by atoms with Crippen molar-refractivity contribution in [2.75, 3.05) is 20.3 Å². The molecule has 112 valence electrons. The molecule has 1 aromatic carbocycles. The van der Waals surface area contributed by atoms with Crippen LogP contribution >= 0.6 is 23.4 Å². The molecule has 1 heterocycles. The van der Waals surface area contributed by atoms with Gasteiger partial charge in [-0.3, -0.25) is 0 Å². The first-order valence-corrected chi connectivity index (χ1v) is 8.02. The maximum absolute atomic E-state index is 5.86. The van der Waals surface area contributed by atoms with Crippen LogP contribution in [0.1, 0.15) is 11.1 Å². The first kappa shape index (κ1) is 16.2. The fraction of sp³-hybridized carbons (Fsp3) is 0.333. The number of aromatic nitrogens is 2. The third-order valence-electron chi connectivity index (χ3n) is 2.77. The summed E-state index contributed by atoms with van der Waals surface area (Å²) in [7, 11) is 1.69. The van der Waals surface area contributed by atoms with E-state index in [0.29, 0.717) is 6.61 Å². The van der Waals surface area contributed by atoms with Gasteiger partial charge in [-0.05, 0) is 17.7 Å². The highest BCUT2D eigenvalue weighted by Crippen LogP contribution is 2.20. The van der Waals surface area contributed by atoms with Gasteiger partial charge in [0.25, 0.3) is 0 Å². The summed E-state index contributed by atoms with van der Waals surface area (Å²) in [6, 6.07) is 7.83. The third kappa shape index (κ3) is 6.01. The van der Waals surface area contributed by atoms with Crippen molar-refractivity contribution >= 4 is 23.4 Å². The van der Waals surface area contributed by atoms with Crippen LogP contribution in [-0.4, -0.2) is 30.2 Å². The normalized spacial score (nSPS) is 10.8. The van der Waals surface area contributed by atoms with Gasteiger partial charge >= 0.3 is 0 Å². The molecular formula is C15H18ClN3OS. The number of hydrogen-bond donors (Lipinski definition) is 1. The molecule has 4 nitrogen and oxygen atoms in total. The molecule has 2 aromatic rings. The molecule has 0 fully saturated rings. The number of thioether (sulfide) groups is 1. The van der Waals surface area contributed by atoms with E-state index in [-0.39, 0.29) is 0 Å². The van der Waals surface area contributed by atoms with E-state index in [0.717, 1.165) is 34.6 Å². The summed E-state index contributed by atoms with van der Waals surface area (Å²) in [5, 5.41) is 4.80. The second-order valence-corrected chi connectivity index (χ2v) is 5.84. The molecule has 21 heavy (non-hydrogen) atoms. The first-order valence-electron chi connectivity index (χ1n) is 6.66. The molecule has 0 bridgehead atoms. The minimum atomic E-state index is 0.704. The van der Waals surface area contributed by atoms with Crippen LogP contribution in [0.15, 0.2) is 41.8 Å². The number of hydrogen-bond acceptors (Lipinski definition) is 5. The topological polar surface area (TPSA) is 47.0 Å². The van der Waals surface area contributed by atoms with Crippen LogP contribution in [-0.2, 0) is 17.0 Å². The highest BCUT2D eigenvalue weighted by molar-refractivity contribution is 7.98. The van der Waals surface area contributed by atoms with E-state index >= 15 is 0 Å². The van der Waals surface area contributed by atoms with E-state index in [4.69, 9.17) is 16.3 Å². The van der Waals surface area contributed by atoms with Crippen molar-refractivity contribution < 1.29 is 4.74 Å². The molecule has 2 rings (SSSR count). The fourth-order valence-electron chi connectivity index (χ4n) is 1.64. The quantitative estimate of drug-likeness (QED) is 0.459. The van der Waals surface area contributed by atoms with Crippen molar-refractivity contribution in [1.29, 1.82) is 0 Å². The van der Waals surface area contributed by atoms with Gasteiger partial charge in [0.1, 0.15) is 0 Å². The van der Waals surface area contributed by atoms with Crippen LogP contribution in [0.3, 0.4) is 0 Å². The molecule has 0 amide bonds. The predicted molar refractivity (Wildman–Crippen MR) is 86.6 cm³/mol. The highest BCUT2D eigenvalue weighted by Gasteiger charge is 2.00. The van der Waals surface area contributed by atoms with E-state index in [9.17, 15) is 0 Å². The van der Waals surface area contributed by atoms with Crippen molar-refractivity contribution in [3.05, 3.63) is 52.8 Å². The standard InChI is InChI=1S/C15H18ClN3OS/c1-20-7-6-17-8-13-9-18-15(19-10-13)21-11-12-2-4-14(16)5-3-12/h2-5,9-10,17H,6-8,11H2,1H3. The number of rotatable bonds is 8. The molecule has 1 aromatic heterocycles. The van der Waals surface area contributed by atoms with E-state index in [1.807, 2.05) is 36.7 Å². The summed E-state index contributed by atoms with van der Waals surface area (Å²) < 4.78 is 4.97. The average molecular weight is 324 g/mol. The summed E-state index contributed by atoms with van der Waals surface area (Å²) in [4.78, 5) is 8.73. The molecule has 1 N–H and O–H groups in total.